The SMILES string of the molecule is O=C1CCCC1C1CCCCN1CCCCCO. The normalized spacial score (nSPS) is 29.9. The summed E-state index contributed by atoms with van der Waals surface area (Å²) in [7, 11) is 0. The number of aliphatic hydroxyl groups excluding tert-OH is 1. The summed E-state index contributed by atoms with van der Waals surface area (Å²) in [4.78, 5) is 14.5. The fraction of sp³-hybridized carbons (Fsp3) is 0.933. The maximum Gasteiger partial charge on any atom is 0.137 e. The Morgan fingerprint density at radius 1 is 1.11 bits per heavy atom. The maximum atomic E-state index is 11.9. The summed E-state index contributed by atoms with van der Waals surface area (Å²) < 4.78 is 0. The van der Waals surface area contributed by atoms with Crippen molar-refractivity contribution in [2.45, 2.75) is 63.8 Å². The van der Waals surface area contributed by atoms with Gasteiger partial charge in [0.05, 0.1) is 0 Å². The molecule has 2 fully saturated rings. The minimum absolute atomic E-state index is 0.310. The number of hydrogen-bond acceptors (Lipinski definition) is 3. The molecule has 0 spiro atoms. The van der Waals surface area contributed by atoms with Gasteiger partial charge in [0.1, 0.15) is 5.78 Å². The molecule has 0 aromatic carbocycles. The second-order valence-corrected chi connectivity index (χ2v) is 5.85. The molecule has 0 aromatic rings. The largest absolute Gasteiger partial charge is 0.396 e. The zero-order valence-electron chi connectivity index (χ0n) is 11.4. The summed E-state index contributed by atoms with van der Waals surface area (Å²) in [6.07, 6.45) is 10.0. The highest BCUT2D eigenvalue weighted by Gasteiger charge is 2.36. The summed E-state index contributed by atoms with van der Waals surface area (Å²) in [5.41, 5.74) is 0. The van der Waals surface area contributed by atoms with Crippen LogP contribution in [0.3, 0.4) is 0 Å². The van der Waals surface area contributed by atoms with Crippen LogP contribution in [0.1, 0.15) is 57.8 Å². The first kappa shape index (κ1) is 14.0. The van der Waals surface area contributed by atoms with E-state index in [4.69, 9.17) is 5.11 Å². The molecule has 3 heteroatoms. The van der Waals surface area contributed by atoms with E-state index in [9.17, 15) is 4.79 Å². The van der Waals surface area contributed by atoms with Crippen LogP contribution in [0, 0.1) is 5.92 Å². The molecule has 3 nitrogen and oxygen atoms in total. The zero-order valence-corrected chi connectivity index (χ0v) is 11.4. The predicted molar refractivity (Wildman–Crippen MR) is 72.5 cm³/mol. The molecule has 1 N–H and O–H groups in total. The Kier molecular flexibility index (Phi) is 5.64. The number of carbonyl (C=O) groups excluding carboxylic acids is 1. The van der Waals surface area contributed by atoms with Crippen molar-refractivity contribution in [3.8, 4) is 0 Å². The molecule has 18 heavy (non-hydrogen) atoms. The second kappa shape index (κ2) is 7.25. The number of piperidine rings is 1. The van der Waals surface area contributed by atoms with E-state index in [2.05, 4.69) is 4.90 Å². The van der Waals surface area contributed by atoms with Crippen LogP contribution in [-0.4, -0.2) is 41.5 Å². The van der Waals surface area contributed by atoms with Crippen LogP contribution in [0.15, 0.2) is 0 Å². The van der Waals surface area contributed by atoms with Crippen LogP contribution >= 0.6 is 0 Å². The van der Waals surface area contributed by atoms with Gasteiger partial charge in [0.25, 0.3) is 0 Å². The van der Waals surface area contributed by atoms with Crippen LogP contribution in [0.2, 0.25) is 0 Å². The van der Waals surface area contributed by atoms with Crippen LogP contribution in [0.4, 0.5) is 0 Å². The number of likely N-dealkylation sites (tertiary alicyclic amines) is 1. The number of rotatable bonds is 6. The van der Waals surface area contributed by atoms with Gasteiger partial charge in [-0.25, -0.2) is 0 Å². The lowest BCUT2D eigenvalue weighted by atomic mass is 9.88. The first-order valence-corrected chi connectivity index (χ1v) is 7.70. The van der Waals surface area contributed by atoms with Crippen molar-refractivity contribution in [1.29, 1.82) is 0 Å². The Bertz CT molecular complexity index is 267. The summed E-state index contributed by atoms with van der Waals surface area (Å²) in [5, 5.41) is 8.80. The fourth-order valence-electron chi connectivity index (χ4n) is 3.60. The Balaban J connectivity index is 1.83. The molecule has 2 aliphatic rings. The van der Waals surface area contributed by atoms with E-state index >= 15 is 0 Å². The van der Waals surface area contributed by atoms with Gasteiger partial charge in [-0.1, -0.05) is 6.42 Å². The van der Waals surface area contributed by atoms with Crippen molar-refractivity contribution >= 4 is 5.78 Å². The minimum Gasteiger partial charge on any atom is -0.396 e. The van der Waals surface area contributed by atoms with Gasteiger partial charge in [0.2, 0.25) is 0 Å². The van der Waals surface area contributed by atoms with Crippen LogP contribution in [-0.2, 0) is 4.79 Å². The molecule has 2 rings (SSSR count). The highest BCUT2D eigenvalue weighted by molar-refractivity contribution is 5.83. The van der Waals surface area contributed by atoms with E-state index in [1.54, 1.807) is 0 Å². The Morgan fingerprint density at radius 2 is 2.00 bits per heavy atom. The molecule has 2 unspecified atom stereocenters. The monoisotopic (exact) mass is 253 g/mol. The lowest BCUT2D eigenvalue weighted by Gasteiger charge is -2.38. The highest BCUT2D eigenvalue weighted by atomic mass is 16.2. The summed E-state index contributed by atoms with van der Waals surface area (Å²) >= 11 is 0. The molecule has 0 radical (unpaired) electrons. The number of aliphatic hydroxyl groups is 1. The Hall–Kier alpha value is -0.410. The fourth-order valence-corrected chi connectivity index (χ4v) is 3.60. The number of unbranched alkanes of at least 4 members (excludes halogenated alkanes) is 2. The third-order valence-corrected chi connectivity index (χ3v) is 4.58. The topological polar surface area (TPSA) is 40.5 Å². The van der Waals surface area contributed by atoms with Gasteiger partial charge >= 0.3 is 0 Å². The lowest BCUT2D eigenvalue weighted by molar-refractivity contribution is -0.123. The van der Waals surface area contributed by atoms with Crippen molar-refractivity contribution in [3.05, 3.63) is 0 Å². The molecule has 0 aromatic heterocycles. The standard InChI is InChI=1S/C15H27NO2/c17-12-5-1-3-10-16-11-4-2-8-14(16)13-7-6-9-15(13)18/h13-14,17H,1-12H2. The second-order valence-electron chi connectivity index (χ2n) is 5.85. The molecule has 1 heterocycles. The minimum atomic E-state index is 0.310. The molecule has 1 saturated heterocycles. The van der Waals surface area contributed by atoms with Crippen molar-refractivity contribution in [2.24, 2.45) is 5.92 Å². The van der Waals surface area contributed by atoms with E-state index in [1.165, 1.54) is 25.8 Å². The molecular formula is C15H27NO2. The molecule has 1 aliphatic heterocycles. The smallest absolute Gasteiger partial charge is 0.137 e. The van der Waals surface area contributed by atoms with E-state index in [0.717, 1.165) is 45.1 Å². The Labute approximate surface area is 111 Å². The van der Waals surface area contributed by atoms with E-state index in [-0.39, 0.29) is 0 Å². The van der Waals surface area contributed by atoms with Crippen molar-refractivity contribution in [2.75, 3.05) is 19.7 Å². The molecule has 0 bridgehead atoms. The predicted octanol–water partition coefficient (Wildman–Crippen LogP) is 2.37. The average molecular weight is 253 g/mol. The van der Waals surface area contributed by atoms with Gasteiger partial charge < -0.3 is 5.11 Å². The molecule has 2 atom stereocenters. The molecule has 1 saturated carbocycles. The van der Waals surface area contributed by atoms with Gasteiger partial charge in [-0.2, -0.15) is 0 Å². The lowest BCUT2D eigenvalue weighted by Crippen LogP contribution is -2.45. The summed E-state index contributed by atoms with van der Waals surface area (Å²) in [6, 6.07) is 0.530. The zero-order chi connectivity index (χ0) is 12.8. The van der Waals surface area contributed by atoms with Gasteiger partial charge in [-0.15, -0.1) is 0 Å². The van der Waals surface area contributed by atoms with Crippen LogP contribution in [0.25, 0.3) is 0 Å². The summed E-state index contributed by atoms with van der Waals surface area (Å²) in [5.74, 6) is 0.852. The maximum absolute atomic E-state index is 11.9. The van der Waals surface area contributed by atoms with E-state index in [1.807, 2.05) is 0 Å². The Morgan fingerprint density at radius 3 is 2.72 bits per heavy atom. The highest BCUT2D eigenvalue weighted by Crippen LogP contribution is 2.32. The van der Waals surface area contributed by atoms with Crippen molar-refractivity contribution in [1.82, 2.24) is 4.90 Å². The van der Waals surface area contributed by atoms with Crippen LogP contribution < -0.4 is 0 Å². The third kappa shape index (κ3) is 3.55. The van der Waals surface area contributed by atoms with Gasteiger partial charge in [-0.05, 0) is 58.0 Å². The van der Waals surface area contributed by atoms with Crippen molar-refractivity contribution in [3.63, 3.8) is 0 Å². The van der Waals surface area contributed by atoms with Gasteiger partial charge in [0, 0.05) is 25.0 Å². The summed E-state index contributed by atoms with van der Waals surface area (Å²) in [6.45, 7) is 2.60. The molecular weight excluding hydrogens is 226 g/mol. The number of ketones is 1. The van der Waals surface area contributed by atoms with E-state index < -0.39 is 0 Å². The van der Waals surface area contributed by atoms with Gasteiger partial charge in [0.15, 0.2) is 0 Å². The molecule has 0 amide bonds. The molecule has 104 valence electrons. The van der Waals surface area contributed by atoms with Crippen molar-refractivity contribution < 1.29 is 9.90 Å². The first-order chi connectivity index (χ1) is 8.83. The van der Waals surface area contributed by atoms with Gasteiger partial charge in [-0.3, -0.25) is 9.69 Å². The molecule has 1 aliphatic carbocycles. The number of hydrogen-bond donors (Lipinski definition) is 1. The third-order valence-electron chi connectivity index (χ3n) is 4.58. The van der Waals surface area contributed by atoms with E-state index in [0.29, 0.717) is 24.3 Å². The number of carbonyl (C=O) groups is 1. The first-order valence-electron chi connectivity index (χ1n) is 7.70. The van der Waals surface area contributed by atoms with Crippen LogP contribution in [0.5, 0.6) is 0 Å². The average Bonchev–Trinajstić information content (AvgIpc) is 2.81. The number of Topliss-reactive ketones (excluding diaryl/α,β-unsaturated/α-hetero) is 1. The quantitative estimate of drug-likeness (QED) is 0.739. The number of nitrogens with zero attached hydrogens (tertiary/aromatic N) is 1.